The molecule has 7 heteroatoms. The molecule has 6 nitrogen and oxygen atoms in total. The summed E-state index contributed by atoms with van der Waals surface area (Å²) in [5.41, 5.74) is 2.31. The summed E-state index contributed by atoms with van der Waals surface area (Å²) in [4.78, 5) is 28.2. The number of halogens is 1. The lowest BCUT2D eigenvalue weighted by Crippen LogP contribution is -2.42. The Hall–Kier alpha value is -3.45. The van der Waals surface area contributed by atoms with Gasteiger partial charge in [0.1, 0.15) is 11.6 Å². The number of piperidine rings is 1. The molecule has 4 rings (SSSR count). The van der Waals surface area contributed by atoms with Crippen molar-refractivity contribution in [3.63, 3.8) is 0 Å². The van der Waals surface area contributed by atoms with Gasteiger partial charge in [0, 0.05) is 5.69 Å². The summed E-state index contributed by atoms with van der Waals surface area (Å²) in [6, 6.07) is 16.7. The van der Waals surface area contributed by atoms with Gasteiger partial charge in [-0.25, -0.2) is 4.39 Å². The summed E-state index contributed by atoms with van der Waals surface area (Å²) in [6.45, 7) is 5.38. The van der Waals surface area contributed by atoms with Gasteiger partial charge in [0.25, 0.3) is 5.56 Å². The van der Waals surface area contributed by atoms with E-state index in [0.29, 0.717) is 50.3 Å². The molecule has 1 N–H and O–H groups in total. The Labute approximate surface area is 204 Å². The number of hydrogen-bond acceptors (Lipinski definition) is 5. The fourth-order valence-corrected chi connectivity index (χ4v) is 4.85. The van der Waals surface area contributed by atoms with Gasteiger partial charge in [0.15, 0.2) is 0 Å². The average molecular weight is 479 g/mol. The SMILES string of the molecule is CCOC(=O)C1CCN(C(c2ccc(F)cc2)c2c(O)cc(C)n(Cc3ccccc3)c2=O)CC1. The predicted octanol–water partition coefficient (Wildman–Crippen LogP) is 4.41. The van der Waals surface area contributed by atoms with Crippen LogP contribution in [0.25, 0.3) is 0 Å². The van der Waals surface area contributed by atoms with Gasteiger partial charge < -0.3 is 14.4 Å². The number of pyridine rings is 1. The van der Waals surface area contributed by atoms with E-state index in [1.54, 1.807) is 36.6 Å². The van der Waals surface area contributed by atoms with Gasteiger partial charge in [-0.05, 0) is 69.1 Å². The highest BCUT2D eigenvalue weighted by atomic mass is 19.1. The fraction of sp³-hybridized carbons (Fsp3) is 0.357. The van der Waals surface area contributed by atoms with Gasteiger partial charge in [-0.3, -0.25) is 14.5 Å². The molecule has 2 heterocycles. The van der Waals surface area contributed by atoms with E-state index in [2.05, 4.69) is 4.90 Å². The molecule has 0 saturated carbocycles. The Kier molecular flexibility index (Phi) is 7.66. The molecule has 1 aliphatic rings. The van der Waals surface area contributed by atoms with E-state index in [1.807, 2.05) is 30.3 Å². The molecule has 3 aromatic rings. The number of hydrogen-bond donors (Lipinski definition) is 1. The van der Waals surface area contributed by atoms with Crippen molar-refractivity contribution in [2.45, 2.75) is 39.3 Å². The third kappa shape index (κ3) is 5.46. The molecule has 35 heavy (non-hydrogen) atoms. The predicted molar refractivity (Wildman–Crippen MR) is 132 cm³/mol. The van der Waals surface area contributed by atoms with Crippen LogP contribution in [0.4, 0.5) is 4.39 Å². The number of carbonyl (C=O) groups is 1. The first-order valence-electron chi connectivity index (χ1n) is 12.0. The lowest BCUT2D eigenvalue weighted by molar-refractivity contribution is -0.149. The highest BCUT2D eigenvalue weighted by Crippen LogP contribution is 2.35. The molecule has 0 bridgehead atoms. The molecular formula is C28H31FN2O4. The van der Waals surface area contributed by atoms with Crippen LogP contribution in [0.5, 0.6) is 5.75 Å². The van der Waals surface area contributed by atoms with Gasteiger partial charge in [0.2, 0.25) is 0 Å². The van der Waals surface area contributed by atoms with Crippen LogP contribution in [-0.2, 0) is 16.1 Å². The summed E-state index contributed by atoms with van der Waals surface area (Å²) >= 11 is 0. The van der Waals surface area contributed by atoms with E-state index in [4.69, 9.17) is 4.74 Å². The summed E-state index contributed by atoms with van der Waals surface area (Å²) in [5.74, 6) is -0.850. The van der Waals surface area contributed by atoms with Crippen LogP contribution in [0.15, 0.2) is 65.5 Å². The Morgan fingerprint density at radius 1 is 1.11 bits per heavy atom. The van der Waals surface area contributed by atoms with Gasteiger partial charge in [-0.2, -0.15) is 0 Å². The third-order valence-electron chi connectivity index (χ3n) is 6.68. The first kappa shape index (κ1) is 24.7. The van der Waals surface area contributed by atoms with Crippen LogP contribution < -0.4 is 5.56 Å². The minimum absolute atomic E-state index is 0.0846. The lowest BCUT2D eigenvalue weighted by Gasteiger charge is -2.37. The minimum atomic E-state index is -0.575. The number of aryl methyl sites for hydroxylation is 1. The number of carbonyl (C=O) groups excluding carboxylic acids is 1. The van der Waals surface area contributed by atoms with E-state index >= 15 is 0 Å². The Bertz CT molecular complexity index is 1220. The second kappa shape index (κ2) is 10.9. The minimum Gasteiger partial charge on any atom is -0.507 e. The molecule has 0 amide bonds. The first-order chi connectivity index (χ1) is 16.9. The van der Waals surface area contributed by atoms with Crippen molar-refractivity contribution in [3.05, 3.63) is 99.2 Å². The zero-order chi connectivity index (χ0) is 24.9. The molecule has 0 spiro atoms. The van der Waals surface area contributed by atoms with Gasteiger partial charge in [-0.1, -0.05) is 42.5 Å². The lowest BCUT2D eigenvalue weighted by atomic mass is 9.91. The number of ether oxygens (including phenoxy) is 1. The maximum Gasteiger partial charge on any atom is 0.309 e. The number of nitrogens with zero attached hydrogens (tertiary/aromatic N) is 2. The fourth-order valence-electron chi connectivity index (χ4n) is 4.85. The molecule has 2 aromatic carbocycles. The van der Waals surface area contributed by atoms with Crippen molar-refractivity contribution in [1.82, 2.24) is 9.47 Å². The van der Waals surface area contributed by atoms with Gasteiger partial charge >= 0.3 is 5.97 Å². The highest BCUT2D eigenvalue weighted by Gasteiger charge is 2.34. The van der Waals surface area contributed by atoms with E-state index in [1.165, 1.54) is 12.1 Å². The normalized spacial score (nSPS) is 15.6. The Balaban J connectivity index is 1.74. The van der Waals surface area contributed by atoms with Crippen LogP contribution in [0, 0.1) is 18.7 Å². The number of benzene rings is 2. The van der Waals surface area contributed by atoms with Gasteiger partial charge in [-0.15, -0.1) is 0 Å². The van der Waals surface area contributed by atoms with E-state index in [9.17, 15) is 19.1 Å². The van der Waals surface area contributed by atoms with Crippen molar-refractivity contribution < 1.29 is 19.0 Å². The van der Waals surface area contributed by atoms with Crippen LogP contribution in [-0.4, -0.2) is 40.2 Å². The van der Waals surface area contributed by atoms with Crippen LogP contribution in [0.1, 0.15) is 48.2 Å². The van der Waals surface area contributed by atoms with E-state index < -0.39 is 6.04 Å². The second-order valence-electron chi connectivity index (χ2n) is 8.98. The van der Waals surface area contributed by atoms with Crippen LogP contribution >= 0.6 is 0 Å². The summed E-state index contributed by atoms with van der Waals surface area (Å²) < 4.78 is 20.6. The number of aromatic nitrogens is 1. The Morgan fingerprint density at radius 3 is 2.40 bits per heavy atom. The topological polar surface area (TPSA) is 71.8 Å². The summed E-state index contributed by atoms with van der Waals surface area (Å²) in [5, 5.41) is 11.0. The molecule has 0 aliphatic carbocycles. The summed E-state index contributed by atoms with van der Waals surface area (Å²) in [7, 11) is 0. The molecule has 1 aromatic heterocycles. The largest absolute Gasteiger partial charge is 0.507 e. The molecule has 1 unspecified atom stereocenters. The smallest absolute Gasteiger partial charge is 0.309 e. The van der Waals surface area contributed by atoms with Crippen molar-refractivity contribution in [2.75, 3.05) is 19.7 Å². The van der Waals surface area contributed by atoms with Crippen molar-refractivity contribution in [1.29, 1.82) is 0 Å². The molecular weight excluding hydrogens is 447 g/mol. The molecule has 184 valence electrons. The van der Waals surface area contributed by atoms with E-state index in [-0.39, 0.29) is 34.6 Å². The van der Waals surface area contributed by atoms with Crippen LogP contribution in [0.2, 0.25) is 0 Å². The standard InChI is InChI=1S/C28H31FN2O4/c1-3-35-28(34)22-13-15-30(16-14-22)26(21-9-11-23(29)12-10-21)25-24(32)17-19(2)31(27(25)33)18-20-7-5-4-6-8-20/h4-12,17,22,26,32H,3,13-16,18H2,1-2H3. The molecule has 1 aliphatic heterocycles. The number of likely N-dealkylation sites (tertiary alicyclic amines) is 1. The molecule has 0 radical (unpaired) electrons. The number of esters is 1. The van der Waals surface area contributed by atoms with Crippen molar-refractivity contribution in [2.24, 2.45) is 5.92 Å². The average Bonchev–Trinajstić information content (AvgIpc) is 2.86. The Morgan fingerprint density at radius 2 is 1.77 bits per heavy atom. The second-order valence-corrected chi connectivity index (χ2v) is 8.98. The number of rotatable bonds is 7. The van der Waals surface area contributed by atoms with Gasteiger partial charge in [0.05, 0.1) is 30.7 Å². The quantitative estimate of drug-likeness (QED) is 0.509. The third-order valence-corrected chi connectivity index (χ3v) is 6.68. The maximum absolute atomic E-state index is 13.8. The van der Waals surface area contributed by atoms with Crippen LogP contribution in [0.3, 0.4) is 0 Å². The monoisotopic (exact) mass is 478 g/mol. The van der Waals surface area contributed by atoms with Crippen molar-refractivity contribution >= 4 is 5.97 Å². The summed E-state index contributed by atoms with van der Waals surface area (Å²) in [6.07, 6.45) is 1.17. The first-order valence-corrected chi connectivity index (χ1v) is 12.0. The number of aromatic hydroxyl groups is 1. The van der Waals surface area contributed by atoms with E-state index in [0.717, 1.165) is 5.56 Å². The van der Waals surface area contributed by atoms with Crippen molar-refractivity contribution in [3.8, 4) is 5.75 Å². The maximum atomic E-state index is 13.8. The zero-order valence-electron chi connectivity index (χ0n) is 20.1. The molecule has 1 atom stereocenters. The zero-order valence-corrected chi connectivity index (χ0v) is 20.1. The highest BCUT2D eigenvalue weighted by molar-refractivity contribution is 5.72. The molecule has 1 fully saturated rings. The molecule has 1 saturated heterocycles.